The number of carbonyl (C=O) groups excluding carboxylic acids is 1. The van der Waals surface area contributed by atoms with E-state index in [9.17, 15) is 9.90 Å². The van der Waals surface area contributed by atoms with E-state index < -0.39 is 11.6 Å². The molecule has 0 spiro atoms. The topological polar surface area (TPSA) is 73.6 Å². The van der Waals surface area contributed by atoms with Crippen LogP contribution < -0.4 is 4.74 Å². The highest BCUT2D eigenvalue weighted by molar-refractivity contribution is 5.81. The van der Waals surface area contributed by atoms with Gasteiger partial charge in [0.05, 0.1) is 23.8 Å². The van der Waals surface area contributed by atoms with Crippen molar-refractivity contribution in [3.8, 4) is 11.8 Å². The number of aliphatic hydroxyl groups is 1. The molecule has 5 nitrogen and oxygen atoms in total. The molecule has 1 amide bonds. The maximum absolute atomic E-state index is 12.2. The second-order valence-corrected chi connectivity index (χ2v) is 5.26. The van der Waals surface area contributed by atoms with Crippen LogP contribution in [0.4, 0.5) is 0 Å². The Hall–Kier alpha value is -2.06. The molecule has 0 saturated carbocycles. The number of nitrogens with zero attached hydrogens (tertiary/aromatic N) is 2. The molecule has 5 heteroatoms. The van der Waals surface area contributed by atoms with E-state index in [4.69, 9.17) is 10.00 Å². The maximum atomic E-state index is 12.2. The third kappa shape index (κ3) is 3.72. The lowest BCUT2D eigenvalue weighted by atomic mass is 10.0. The van der Waals surface area contributed by atoms with Crippen LogP contribution in [-0.4, -0.2) is 41.2 Å². The van der Waals surface area contributed by atoms with Crippen molar-refractivity contribution in [3.05, 3.63) is 29.8 Å². The molecular formula is C15H20N2O3. The number of rotatable bonds is 5. The fourth-order valence-electron chi connectivity index (χ4n) is 1.54. The van der Waals surface area contributed by atoms with Gasteiger partial charge in [0.25, 0.3) is 5.91 Å². The SMILES string of the molecule is CC(Oc1ccc(C#N)cc1)C(=O)N(C)C(C)(C)CO. The molecule has 0 aliphatic carbocycles. The number of hydrogen-bond donors (Lipinski definition) is 1. The van der Waals surface area contributed by atoms with E-state index in [1.54, 1.807) is 52.1 Å². The zero-order valence-electron chi connectivity index (χ0n) is 12.3. The van der Waals surface area contributed by atoms with Crippen molar-refractivity contribution >= 4 is 5.91 Å². The highest BCUT2D eigenvalue weighted by Gasteiger charge is 2.30. The average Bonchev–Trinajstić information content (AvgIpc) is 2.46. The fourth-order valence-corrected chi connectivity index (χ4v) is 1.54. The molecular weight excluding hydrogens is 256 g/mol. The molecule has 0 bridgehead atoms. The van der Waals surface area contributed by atoms with E-state index in [0.29, 0.717) is 11.3 Å². The van der Waals surface area contributed by atoms with Gasteiger partial charge in [-0.05, 0) is 45.0 Å². The Morgan fingerprint density at radius 2 is 2.00 bits per heavy atom. The van der Waals surface area contributed by atoms with Crippen LogP contribution in [0.3, 0.4) is 0 Å². The molecule has 0 radical (unpaired) electrons. The molecule has 1 rings (SSSR count). The Labute approximate surface area is 119 Å². The summed E-state index contributed by atoms with van der Waals surface area (Å²) in [6, 6.07) is 8.59. The third-order valence-electron chi connectivity index (χ3n) is 3.27. The summed E-state index contributed by atoms with van der Waals surface area (Å²) in [6.07, 6.45) is -0.668. The summed E-state index contributed by atoms with van der Waals surface area (Å²) in [5.74, 6) is 0.313. The lowest BCUT2D eigenvalue weighted by molar-refractivity contribution is -0.142. The van der Waals surface area contributed by atoms with Crippen molar-refractivity contribution in [2.45, 2.75) is 32.4 Å². The van der Waals surface area contributed by atoms with Gasteiger partial charge in [-0.25, -0.2) is 0 Å². The number of hydrogen-bond acceptors (Lipinski definition) is 4. The van der Waals surface area contributed by atoms with Crippen LogP contribution >= 0.6 is 0 Å². The van der Waals surface area contributed by atoms with Crippen molar-refractivity contribution in [3.63, 3.8) is 0 Å². The Balaban J connectivity index is 2.73. The van der Waals surface area contributed by atoms with E-state index in [-0.39, 0.29) is 12.5 Å². The van der Waals surface area contributed by atoms with Crippen LogP contribution in [0, 0.1) is 11.3 Å². The van der Waals surface area contributed by atoms with Crippen LogP contribution in [0.1, 0.15) is 26.3 Å². The van der Waals surface area contributed by atoms with Crippen LogP contribution in [0.15, 0.2) is 24.3 Å². The Bertz CT molecular complexity index is 503. The van der Waals surface area contributed by atoms with E-state index >= 15 is 0 Å². The van der Waals surface area contributed by atoms with Gasteiger partial charge in [-0.3, -0.25) is 4.79 Å². The molecule has 1 N–H and O–H groups in total. The first-order chi connectivity index (χ1) is 9.31. The van der Waals surface area contributed by atoms with E-state index in [1.165, 1.54) is 4.90 Å². The highest BCUT2D eigenvalue weighted by atomic mass is 16.5. The van der Waals surface area contributed by atoms with Crippen LogP contribution in [-0.2, 0) is 4.79 Å². The molecule has 0 aromatic heterocycles. The standard InChI is InChI=1S/C15H20N2O3/c1-11(14(19)17(4)15(2,3)10-18)20-13-7-5-12(9-16)6-8-13/h5-8,11,18H,10H2,1-4H3. The van der Waals surface area contributed by atoms with Gasteiger partial charge in [0.2, 0.25) is 0 Å². The van der Waals surface area contributed by atoms with Gasteiger partial charge in [-0.15, -0.1) is 0 Å². The number of nitriles is 1. The van der Waals surface area contributed by atoms with Crippen molar-refractivity contribution in [1.29, 1.82) is 5.26 Å². The van der Waals surface area contributed by atoms with Gasteiger partial charge in [0.15, 0.2) is 6.10 Å². The minimum atomic E-state index is -0.668. The molecule has 0 aliphatic heterocycles. The number of aliphatic hydroxyl groups excluding tert-OH is 1. The van der Waals surface area contributed by atoms with Crippen molar-refractivity contribution < 1.29 is 14.6 Å². The largest absolute Gasteiger partial charge is 0.481 e. The Morgan fingerprint density at radius 1 is 1.45 bits per heavy atom. The van der Waals surface area contributed by atoms with Gasteiger partial charge >= 0.3 is 0 Å². The predicted molar refractivity (Wildman–Crippen MR) is 75.2 cm³/mol. The summed E-state index contributed by atoms with van der Waals surface area (Å²) < 4.78 is 5.55. The molecule has 0 saturated heterocycles. The van der Waals surface area contributed by atoms with Crippen molar-refractivity contribution in [2.24, 2.45) is 0 Å². The van der Waals surface area contributed by atoms with Crippen molar-refractivity contribution in [1.82, 2.24) is 4.90 Å². The van der Waals surface area contributed by atoms with Gasteiger partial charge < -0.3 is 14.7 Å². The fraction of sp³-hybridized carbons (Fsp3) is 0.467. The van der Waals surface area contributed by atoms with Crippen molar-refractivity contribution in [2.75, 3.05) is 13.7 Å². The second-order valence-electron chi connectivity index (χ2n) is 5.26. The average molecular weight is 276 g/mol. The lowest BCUT2D eigenvalue weighted by Gasteiger charge is -2.35. The quantitative estimate of drug-likeness (QED) is 0.885. The summed E-state index contributed by atoms with van der Waals surface area (Å²) >= 11 is 0. The van der Waals surface area contributed by atoms with E-state index in [2.05, 4.69) is 0 Å². The summed E-state index contributed by atoms with van der Waals surface area (Å²) in [5, 5.41) is 18.0. The van der Waals surface area contributed by atoms with Crippen LogP contribution in [0.2, 0.25) is 0 Å². The first kappa shape index (κ1) is 16.0. The maximum Gasteiger partial charge on any atom is 0.263 e. The molecule has 1 aromatic rings. The molecule has 20 heavy (non-hydrogen) atoms. The molecule has 108 valence electrons. The molecule has 0 heterocycles. The normalized spacial score (nSPS) is 12.4. The molecule has 0 fully saturated rings. The van der Waals surface area contributed by atoms with Gasteiger partial charge in [0.1, 0.15) is 5.75 Å². The molecule has 1 aromatic carbocycles. The molecule has 1 unspecified atom stereocenters. The molecule has 0 aliphatic rings. The number of ether oxygens (including phenoxy) is 1. The summed E-state index contributed by atoms with van der Waals surface area (Å²) in [4.78, 5) is 13.7. The van der Waals surface area contributed by atoms with Crippen LogP contribution in [0.25, 0.3) is 0 Å². The minimum Gasteiger partial charge on any atom is -0.481 e. The first-order valence-electron chi connectivity index (χ1n) is 6.37. The summed E-state index contributed by atoms with van der Waals surface area (Å²) in [6.45, 7) is 5.09. The predicted octanol–water partition coefficient (Wildman–Crippen LogP) is 1.55. The molecule has 1 atom stereocenters. The summed E-state index contributed by atoms with van der Waals surface area (Å²) in [5.41, 5.74) is -0.103. The number of carbonyl (C=O) groups is 1. The number of likely N-dealkylation sites (N-methyl/N-ethyl adjacent to an activating group) is 1. The zero-order valence-corrected chi connectivity index (χ0v) is 12.3. The number of amides is 1. The number of benzene rings is 1. The second kappa shape index (κ2) is 6.40. The Kier molecular flexibility index (Phi) is 5.12. The third-order valence-corrected chi connectivity index (χ3v) is 3.27. The van der Waals surface area contributed by atoms with Gasteiger partial charge in [0, 0.05) is 7.05 Å². The van der Waals surface area contributed by atoms with E-state index in [1.807, 2.05) is 6.07 Å². The zero-order chi connectivity index (χ0) is 15.3. The monoisotopic (exact) mass is 276 g/mol. The van der Waals surface area contributed by atoms with Gasteiger partial charge in [-0.2, -0.15) is 5.26 Å². The first-order valence-corrected chi connectivity index (χ1v) is 6.37. The minimum absolute atomic E-state index is 0.126. The highest BCUT2D eigenvalue weighted by Crippen LogP contribution is 2.17. The van der Waals surface area contributed by atoms with Gasteiger partial charge in [-0.1, -0.05) is 0 Å². The summed E-state index contributed by atoms with van der Waals surface area (Å²) in [7, 11) is 1.64. The van der Waals surface area contributed by atoms with Crippen LogP contribution in [0.5, 0.6) is 5.75 Å². The van der Waals surface area contributed by atoms with E-state index in [0.717, 1.165) is 0 Å². The Morgan fingerprint density at radius 3 is 2.45 bits per heavy atom. The lowest BCUT2D eigenvalue weighted by Crippen LogP contribution is -2.51. The smallest absolute Gasteiger partial charge is 0.263 e.